The number of amides is 1. The maximum Gasteiger partial charge on any atom is 0.256 e. The highest BCUT2D eigenvalue weighted by molar-refractivity contribution is 6.01. The molecule has 2 aliphatic heterocycles. The first kappa shape index (κ1) is 24.3. The fourth-order valence-electron chi connectivity index (χ4n) is 5.58. The van der Waals surface area contributed by atoms with E-state index < -0.39 is 5.54 Å². The number of para-hydroxylation sites is 1. The van der Waals surface area contributed by atoms with E-state index in [9.17, 15) is 4.79 Å². The molecule has 4 aromatic rings. The first-order valence-corrected chi connectivity index (χ1v) is 13.0. The van der Waals surface area contributed by atoms with Crippen molar-refractivity contribution in [2.75, 3.05) is 20.3 Å². The van der Waals surface area contributed by atoms with Crippen molar-refractivity contribution >= 4 is 16.9 Å². The third-order valence-corrected chi connectivity index (χ3v) is 7.72. The minimum absolute atomic E-state index is 0.0331. The van der Waals surface area contributed by atoms with Crippen LogP contribution in [0, 0.1) is 11.8 Å². The number of carbonyl (C=O) groups excluding carboxylic acids is 1. The molecule has 0 bridgehead atoms. The van der Waals surface area contributed by atoms with Gasteiger partial charge in [-0.3, -0.25) is 9.36 Å². The maximum atomic E-state index is 13.5. The van der Waals surface area contributed by atoms with Crippen molar-refractivity contribution in [3.05, 3.63) is 71.6 Å². The summed E-state index contributed by atoms with van der Waals surface area (Å²) in [6.07, 6.45) is 5.81. The van der Waals surface area contributed by atoms with Crippen LogP contribution in [0.1, 0.15) is 66.7 Å². The molecule has 4 heterocycles. The van der Waals surface area contributed by atoms with Gasteiger partial charge in [0.15, 0.2) is 0 Å². The molecule has 1 unspecified atom stereocenters. The number of fused-ring (bicyclic) bond motifs is 5. The van der Waals surface area contributed by atoms with E-state index in [1.165, 1.54) is 0 Å². The summed E-state index contributed by atoms with van der Waals surface area (Å²) in [6, 6.07) is 11.7. The number of ether oxygens (including phenoxy) is 1. The first-order chi connectivity index (χ1) is 18.4. The smallest absolute Gasteiger partial charge is 0.256 e. The third-order valence-electron chi connectivity index (χ3n) is 7.72. The molecular weight excluding hydrogens is 476 g/mol. The van der Waals surface area contributed by atoms with Crippen molar-refractivity contribution in [3.63, 3.8) is 0 Å². The van der Waals surface area contributed by atoms with Crippen LogP contribution < -0.4 is 5.73 Å². The zero-order chi connectivity index (χ0) is 26.4. The molecule has 8 nitrogen and oxygen atoms in total. The van der Waals surface area contributed by atoms with Gasteiger partial charge in [0.1, 0.15) is 11.6 Å². The quantitative estimate of drug-likeness (QED) is 0.415. The van der Waals surface area contributed by atoms with Crippen LogP contribution in [0.15, 0.2) is 48.8 Å². The van der Waals surface area contributed by atoms with Crippen molar-refractivity contribution in [1.29, 1.82) is 0 Å². The molecule has 2 aliphatic rings. The summed E-state index contributed by atoms with van der Waals surface area (Å²) < 4.78 is 7.59. The van der Waals surface area contributed by atoms with Gasteiger partial charge in [-0.2, -0.15) is 0 Å². The van der Waals surface area contributed by atoms with E-state index in [-0.39, 0.29) is 11.9 Å². The van der Waals surface area contributed by atoms with E-state index in [0.29, 0.717) is 37.4 Å². The number of benzene rings is 2. The Morgan fingerprint density at radius 2 is 1.89 bits per heavy atom. The number of aromatic nitrogens is 4. The highest BCUT2D eigenvalue weighted by Gasteiger charge is 2.35. The zero-order valence-electron chi connectivity index (χ0n) is 21.9. The predicted octanol–water partition coefficient (Wildman–Crippen LogP) is 4.36. The molecule has 192 valence electrons. The van der Waals surface area contributed by atoms with Crippen LogP contribution in [-0.2, 0) is 10.3 Å². The van der Waals surface area contributed by atoms with Crippen molar-refractivity contribution in [1.82, 2.24) is 24.4 Å². The Labute approximate surface area is 221 Å². The Morgan fingerprint density at radius 3 is 2.61 bits per heavy atom. The molecule has 1 amide bonds. The Hall–Kier alpha value is -4.06. The molecule has 8 heteroatoms. The van der Waals surface area contributed by atoms with Gasteiger partial charge in [0.05, 0.1) is 33.9 Å². The maximum absolute atomic E-state index is 13.5. The van der Waals surface area contributed by atoms with Gasteiger partial charge in [0, 0.05) is 43.8 Å². The van der Waals surface area contributed by atoms with E-state index in [0.717, 1.165) is 45.7 Å². The second-order valence-corrected chi connectivity index (χ2v) is 9.99. The lowest BCUT2D eigenvalue weighted by atomic mass is 9.90. The standard InChI is InChI=1S/C30H30N6O2/c1-4-7-19-8-6-9-22-26(19)36-25-16-20(10-11-23(25)34-27(36)24(5-2)35(3)28(22)37)21-17-32-29(33-18-21)30(31)12-14-38-15-13-30/h6,8-11,16-18,24H,5,12-15,31H2,1-3H3. The molecule has 6 rings (SSSR count). The number of hydrogen-bond acceptors (Lipinski definition) is 6. The second-order valence-electron chi connectivity index (χ2n) is 9.99. The molecule has 1 saturated heterocycles. The van der Waals surface area contributed by atoms with Crippen LogP contribution in [-0.4, -0.2) is 50.6 Å². The summed E-state index contributed by atoms with van der Waals surface area (Å²) >= 11 is 0. The Bertz CT molecular complexity index is 1610. The average molecular weight is 507 g/mol. The number of nitrogens with two attached hydrogens (primary N) is 1. The lowest BCUT2D eigenvalue weighted by Crippen LogP contribution is -2.43. The third kappa shape index (κ3) is 3.78. The van der Waals surface area contributed by atoms with Gasteiger partial charge in [0.25, 0.3) is 5.91 Å². The highest BCUT2D eigenvalue weighted by Crippen LogP contribution is 2.38. The lowest BCUT2D eigenvalue weighted by Gasteiger charge is -2.31. The molecule has 1 fully saturated rings. The molecule has 1 atom stereocenters. The monoisotopic (exact) mass is 506 g/mol. The van der Waals surface area contributed by atoms with Gasteiger partial charge in [-0.25, -0.2) is 15.0 Å². The summed E-state index contributed by atoms with van der Waals surface area (Å²) in [4.78, 5) is 29.7. The number of nitrogens with zero attached hydrogens (tertiary/aromatic N) is 5. The average Bonchev–Trinajstić information content (AvgIpc) is 3.27. The van der Waals surface area contributed by atoms with Gasteiger partial charge in [-0.05, 0) is 56.0 Å². The van der Waals surface area contributed by atoms with E-state index in [1.807, 2.05) is 49.8 Å². The molecule has 0 aliphatic carbocycles. The van der Waals surface area contributed by atoms with Crippen LogP contribution in [0.2, 0.25) is 0 Å². The fraction of sp³-hybridized carbons (Fsp3) is 0.333. The number of carbonyl (C=O) groups is 1. The van der Waals surface area contributed by atoms with Crippen LogP contribution >= 0.6 is 0 Å². The minimum Gasteiger partial charge on any atom is -0.381 e. The molecule has 0 spiro atoms. The van der Waals surface area contributed by atoms with Gasteiger partial charge in [-0.1, -0.05) is 25.0 Å². The van der Waals surface area contributed by atoms with Crippen molar-refractivity contribution in [2.45, 2.75) is 44.7 Å². The van der Waals surface area contributed by atoms with Crippen molar-refractivity contribution in [2.24, 2.45) is 5.73 Å². The fourth-order valence-corrected chi connectivity index (χ4v) is 5.58. The summed E-state index contributed by atoms with van der Waals surface area (Å²) in [5, 5.41) is 0. The summed E-state index contributed by atoms with van der Waals surface area (Å²) in [6.45, 7) is 5.12. The minimum atomic E-state index is -0.558. The van der Waals surface area contributed by atoms with Crippen molar-refractivity contribution in [3.8, 4) is 28.7 Å². The SMILES string of the molecule is CC#Cc1cccc2c1-n1c(nc3ccc(-c4cnc(C5(N)CCOCC5)nc4)cc31)C(CC)N(C)C2=O. The topological polar surface area (TPSA) is 99.2 Å². The predicted molar refractivity (Wildman–Crippen MR) is 146 cm³/mol. The van der Waals surface area contributed by atoms with Gasteiger partial charge < -0.3 is 15.4 Å². The van der Waals surface area contributed by atoms with Crippen molar-refractivity contribution < 1.29 is 9.53 Å². The Morgan fingerprint density at radius 1 is 1.13 bits per heavy atom. The highest BCUT2D eigenvalue weighted by atomic mass is 16.5. The summed E-state index contributed by atoms with van der Waals surface area (Å²) in [7, 11) is 1.85. The van der Waals surface area contributed by atoms with Gasteiger partial charge in [0.2, 0.25) is 0 Å². The van der Waals surface area contributed by atoms with E-state index in [2.05, 4.69) is 39.4 Å². The molecule has 38 heavy (non-hydrogen) atoms. The number of hydrogen-bond donors (Lipinski definition) is 1. The second kappa shape index (κ2) is 9.35. The largest absolute Gasteiger partial charge is 0.381 e. The van der Waals surface area contributed by atoms with Crippen LogP contribution in [0.4, 0.5) is 0 Å². The molecule has 0 saturated carbocycles. The number of imidazole rings is 1. The zero-order valence-corrected chi connectivity index (χ0v) is 21.9. The van der Waals surface area contributed by atoms with Gasteiger partial charge >= 0.3 is 0 Å². The van der Waals surface area contributed by atoms with Crippen LogP contribution in [0.3, 0.4) is 0 Å². The normalized spacial score (nSPS) is 18.4. The molecule has 0 radical (unpaired) electrons. The van der Waals surface area contributed by atoms with Gasteiger partial charge in [-0.15, -0.1) is 5.92 Å². The molecule has 2 aromatic heterocycles. The van der Waals surface area contributed by atoms with E-state index in [4.69, 9.17) is 15.5 Å². The number of rotatable bonds is 3. The molecule has 2 N–H and O–H groups in total. The lowest BCUT2D eigenvalue weighted by molar-refractivity contribution is 0.0492. The Kier molecular flexibility index (Phi) is 5.98. The van der Waals surface area contributed by atoms with E-state index >= 15 is 0 Å². The summed E-state index contributed by atoms with van der Waals surface area (Å²) in [5.74, 6) is 7.65. The van der Waals surface area contributed by atoms with Crippen LogP contribution in [0.25, 0.3) is 27.8 Å². The first-order valence-electron chi connectivity index (χ1n) is 13.0. The Balaban J connectivity index is 1.53. The molecule has 2 aromatic carbocycles. The summed E-state index contributed by atoms with van der Waals surface area (Å²) in [5.41, 5.74) is 11.8. The van der Waals surface area contributed by atoms with E-state index in [1.54, 1.807) is 11.8 Å². The van der Waals surface area contributed by atoms with Crippen LogP contribution in [0.5, 0.6) is 0 Å². The molecular formula is C30H30N6O2.